The van der Waals surface area contributed by atoms with E-state index >= 15 is 0 Å². The molecule has 1 heterocycles. The third kappa shape index (κ3) is 2.10. The molecule has 0 bridgehead atoms. The molecule has 1 amide bonds. The molecule has 0 spiro atoms. The molecular weight excluding hydrogens is 260 g/mol. The molecule has 3 atom stereocenters. The van der Waals surface area contributed by atoms with Crippen LogP contribution < -0.4 is 10.2 Å². The van der Waals surface area contributed by atoms with E-state index in [-0.39, 0.29) is 0 Å². The van der Waals surface area contributed by atoms with Crippen molar-refractivity contribution in [3.63, 3.8) is 0 Å². The zero-order valence-electron chi connectivity index (χ0n) is 12.7. The van der Waals surface area contributed by atoms with Gasteiger partial charge in [0.05, 0.1) is 0 Å². The van der Waals surface area contributed by atoms with E-state index in [1.54, 1.807) is 0 Å². The summed E-state index contributed by atoms with van der Waals surface area (Å²) >= 11 is 0. The maximum Gasteiger partial charge on any atom is 0.230 e. The molecule has 1 aromatic carbocycles. The number of carbonyl (C=O) groups excluding carboxylic acids is 1. The van der Waals surface area contributed by atoms with Gasteiger partial charge in [-0.3, -0.25) is 4.79 Å². The van der Waals surface area contributed by atoms with Gasteiger partial charge in [0.1, 0.15) is 0 Å². The fourth-order valence-corrected chi connectivity index (χ4v) is 4.65. The number of anilines is 1. The van der Waals surface area contributed by atoms with Crippen molar-refractivity contribution in [2.45, 2.75) is 38.1 Å². The summed E-state index contributed by atoms with van der Waals surface area (Å²) in [5.41, 5.74) is 2.43. The average molecular weight is 284 g/mol. The van der Waals surface area contributed by atoms with Gasteiger partial charge < -0.3 is 10.2 Å². The van der Waals surface area contributed by atoms with Crippen LogP contribution in [-0.2, 0) is 4.79 Å². The number of hydrogen-bond acceptors (Lipinski definition) is 2. The van der Waals surface area contributed by atoms with E-state index in [9.17, 15) is 4.79 Å². The number of hydrogen-bond donors (Lipinski definition) is 1. The number of nitrogens with one attached hydrogen (secondary N) is 1. The summed E-state index contributed by atoms with van der Waals surface area (Å²) in [5, 5.41) is 3.41. The maximum atomic E-state index is 13.0. The first kappa shape index (κ1) is 13.3. The lowest BCUT2D eigenvalue weighted by molar-refractivity contribution is -0.120. The van der Waals surface area contributed by atoms with Crippen molar-refractivity contribution in [1.82, 2.24) is 5.32 Å². The molecule has 1 aliphatic heterocycles. The average Bonchev–Trinajstić information content (AvgIpc) is 3.08. The Kier molecular flexibility index (Phi) is 3.26. The van der Waals surface area contributed by atoms with Crippen LogP contribution >= 0.6 is 0 Å². The Morgan fingerprint density at radius 2 is 1.90 bits per heavy atom. The van der Waals surface area contributed by atoms with E-state index in [2.05, 4.69) is 34.5 Å². The first-order valence-corrected chi connectivity index (χ1v) is 8.39. The first-order valence-electron chi connectivity index (χ1n) is 8.39. The van der Waals surface area contributed by atoms with Crippen molar-refractivity contribution in [2.75, 3.05) is 18.5 Å². The zero-order valence-corrected chi connectivity index (χ0v) is 12.7. The number of fused-ring (bicyclic) bond motifs is 2. The Labute approximate surface area is 126 Å². The van der Waals surface area contributed by atoms with Gasteiger partial charge in [0.2, 0.25) is 5.91 Å². The van der Waals surface area contributed by atoms with Crippen LogP contribution in [0, 0.1) is 17.8 Å². The van der Waals surface area contributed by atoms with Crippen LogP contribution in [0.4, 0.5) is 5.69 Å². The van der Waals surface area contributed by atoms with Crippen LogP contribution in [0.3, 0.4) is 0 Å². The lowest BCUT2D eigenvalue weighted by Gasteiger charge is -2.25. The molecule has 2 fully saturated rings. The van der Waals surface area contributed by atoms with E-state index in [1.807, 2.05) is 7.05 Å². The van der Waals surface area contributed by atoms with Gasteiger partial charge in [-0.15, -0.1) is 0 Å². The number of benzene rings is 1. The molecule has 4 rings (SSSR count). The Hall–Kier alpha value is -1.35. The molecule has 112 valence electrons. The minimum absolute atomic E-state index is 0.331. The van der Waals surface area contributed by atoms with Crippen LogP contribution in [0.2, 0.25) is 0 Å². The van der Waals surface area contributed by atoms with Crippen LogP contribution in [-0.4, -0.2) is 19.5 Å². The number of amides is 1. The predicted molar refractivity (Wildman–Crippen MR) is 84.2 cm³/mol. The van der Waals surface area contributed by atoms with Gasteiger partial charge in [0.15, 0.2) is 0 Å². The van der Waals surface area contributed by atoms with Crippen molar-refractivity contribution in [3.8, 4) is 0 Å². The molecule has 2 aliphatic carbocycles. The second-order valence-corrected chi connectivity index (χ2v) is 6.82. The molecule has 0 radical (unpaired) electrons. The van der Waals surface area contributed by atoms with Crippen LogP contribution in [0.5, 0.6) is 0 Å². The number of rotatable bonds is 2. The van der Waals surface area contributed by atoms with E-state index in [0.29, 0.717) is 29.7 Å². The highest BCUT2D eigenvalue weighted by molar-refractivity contribution is 5.98. The van der Waals surface area contributed by atoms with Gasteiger partial charge in [-0.05, 0) is 56.2 Å². The van der Waals surface area contributed by atoms with Crippen molar-refractivity contribution in [1.29, 1.82) is 0 Å². The SMILES string of the molecule is CNC1CCCN(C(=O)C2C3CCCC32)c2ccccc21. The third-order valence-corrected chi connectivity index (χ3v) is 5.78. The van der Waals surface area contributed by atoms with Gasteiger partial charge >= 0.3 is 0 Å². The Morgan fingerprint density at radius 3 is 2.67 bits per heavy atom. The normalized spacial score (nSPS) is 34.0. The Balaban J connectivity index is 1.64. The van der Waals surface area contributed by atoms with Crippen molar-refractivity contribution in [3.05, 3.63) is 29.8 Å². The number of para-hydroxylation sites is 1. The Bertz CT molecular complexity index is 546. The molecule has 0 aromatic heterocycles. The molecule has 3 aliphatic rings. The minimum Gasteiger partial charge on any atom is -0.313 e. The highest BCUT2D eigenvalue weighted by Crippen LogP contribution is 2.58. The maximum absolute atomic E-state index is 13.0. The van der Waals surface area contributed by atoms with Gasteiger partial charge in [-0.1, -0.05) is 24.6 Å². The summed E-state index contributed by atoms with van der Waals surface area (Å²) in [5.74, 6) is 2.13. The van der Waals surface area contributed by atoms with Gasteiger partial charge in [0.25, 0.3) is 0 Å². The summed E-state index contributed by atoms with van der Waals surface area (Å²) in [4.78, 5) is 15.1. The zero-order chi connectivity index (χ0) is 14.4. The molecule has 1 aromatic rings. The lowest BCUT2D eigenvalue weighted by Crippen LogP contribution is -2.34. The van der Waals surface area contributed by atoms with Crippen molar-refractivity contribution >= 4 is 11.6 Å². The molecule has 3 heteroatoms. The molecular formula is C18H24N2O. The second kappa shape index (κ2) is 5.13. The van der Waals surface area contributed by atoms with Gasteiger partial charge in [-0.2, -0.15) is 0 Å². The standard InChI is InChI=1S/C18H24N2O/c1-19-15-9-5-11-20(16-10-3-2-6-14(15)16)18(21)17-12-7-4-8-13(12)17/h2-3,6,10,12-13,15,17,19H,4-5,7-9,11H2,1H3. The van der Waals surface area contributed by atoms with E-state index in [4.69, 9.17) is 0 Å². The summed E-state index contributed by atoms with van der Waals surface area (Å²) in [7, 11) is 2.02. The molecule has 2 saturated carbocycles. The first-order chi connectivity index (χ1) is 10.3. The third-order valence-electron chi connectivity index (χ3n) is 5.78. The van der Waals surface area contributed by atoms with Crippen molar-refractivity contribution < 1.29 is 4.79 Å². The fraction of sp³-hybridized carbons (Fsp3) is 0.611. The molecule has 3 nitrogen and oxygen atoms in total. The van der Waals surface area contributed by atoms with E-state index in [0.717, 1.165) is 25.1 Å². The van der Waals surface area contributed by atoms with E-state index in [1.165, 1.54) is 24.8 Å². The predicted octanol–water partition coefficient (Wildman–Crippen LogP) is 3.12. The Morgan fingerprint density at radius 1 is 1.14 bits per heavy atom. The quantitative estimate of drug-likeness (QED) is 0.905. The minimum atomic E-state index is 0.331. The molecule has 0 saturated heterocycles. The van der Waals surface area contributed by atoms with Crippen LogP contribution in [0.1, 0.15) is 43.7 Å². The molecule has 1 N–H and O–H groups in total. The highest BCUT2D eigenvalue weighted by Gasteiger charge is 2.57. The second-order valence-electron chi connectivity index (χ2n) is 6.82. The van der Waals surface area contributed by atoms with Gasteiger partial charge in [0, 0.05) is 24.2 Å². The van der Waals surface area contributed by atoms with Gasteiger partial charge in [-0.25, -0.2) is 0 Å². The monoisotopic (exact) mass is 284 g/mol. The number of carbonyl (C=O) groups is 1. The summed E-state index contributed by atoms with van der Waals surface area (Å²) in [6, 6.07) is 8.82. The summed E-state index contributed by atoms with van der Waals surface area (Å²) in [6.45, 7) is 0.879. The highest BCUT2D eigenvalue weighted by atomic mass is 16.2. The van der Waals surface area contributed by atoms with Crippen LogP contribution in [0.15, 0.2) is 24.3 Å². The largest absolute Gasteiger partial charge is 0.313 e. The van der Waals surface area contributed by atoms with E-state index < -0.39 is 0 Å². The molecule has 3 unspecified atom stereocenters. The van der Waals surface area contributed by atoms with Crippen LogP contribution in [0.25, 0.3) is 0 Å². The molecule has 21 heavy (non-hydrogen) atoms. The summed E-state index contributed by atoms with van der Waals surface area (Å²) in [6.07, 6.45) is 6.06. The number of nitrogens with zero attached hydrogens (tertiary/aromatic N) is 1. The topological polar surface area (TPSA) is 32.3 Å². The summed E-state index contributed by atoms with van der Waals surface area (Å²) < 4.78 is 0. The fourth-order valence-electron chi connectivity index (χ4n) is 4.65. The van der Waals surface area contributed by atoms with Crippen molar-refractivity contribution in [2.24, 2.45) is 17.8 Å². The lowest BCUT2D eigenvalue weighted by atomic mass is 10.0. The smallest absolute Gasteiger partial charge is 0.230 e.